The summed E-state index contributed by atoms with van der Waals surface area (Å²) in [6, 6.07) is 6.99. The van der Waals surface area contributed by atoms with Gasteiger partial charge < -0.3 is 14.8 Å². The lowest BCUT2D eigenvalue weighted by molar-refractivity contribution is 0.184. The van der Waals surface area contributed by atoms with Gasteiger partial charge in [-0.25, -0.2) is 0 Å². The quantitative estimate of drug-likeness (QED) is 0.738. The Labute approximate surface area is 122 Å². The van der Waals surface area contributed by atoms with E-state index in [9.17, 15) is 0 Å². The highest BCUT2D eigenvalue weighted by molar-refractivity contribution is 5.43. The molecule has 1 N–H and O–H groups in total. The summed E-state index contributed by atoms with van der Waals surface area (Å²) in [5.41, 5.74) is 2.85. The first kappa shape index (κ1) is 15.3. The molecular formula is C17H27NO2. The minimum absolute atomic E-state index is 0.501. The zero-order chi connectivity index (χ0) is 14.2. The molecule has 112 valence electrons. The van der Waals surface area contributed by atoms with Crippen LogP contribution < -0.4 is 10.1 Å². The smallest absolute Gasteiger partial charge is 0.122 e. The van der Waals surface area contributed by atoms with Crippen LogP contribution in [0.3, 0.4) is 0 Å². The first-order chi connectivity index (χ1) is 9.86. The zero-order valence-electron chi connectivity index (χ0n) is 12.8. The van der Waals surface area contributed by atoms with E-state index in [1.807, 2.05) is 0 Å². The monoisotopic (exact) mass is 277 g/mol. The first-order valence-corrected chi connectivity index (χ1v) is 7.83. The Bertz CT molecular complexity index is 406. The summed E-state index contributed by atoms with van der Waals surface area (Å²) in [6.45, 7) is 4.79. The van der Waals surface area contributed by atoms with Gasteiger partial charge in [-0.3, -0.25) is 0 Å². The van der Waals surface area contributed by atoms with Crippen molar-refractivity contribution in [2.75, 3.05) is 26.9 Å². The molecule has 3 heteroatoms. The van der Waals surface area contributed by atoms with Crippen LogP contribution in [0.1, 0.15) is 49.8 Å². The van der Waals surface area contributed by atoms with Gasteiger partial charge in [-0.2, -0.15) is 0 Å². The molecule has 1 aromatic rings. The maximum atomic E-state index is 5.99. The number of methoxy groups -OCH3 is 1. The number of unbranched alkanes of at least 4 members (excludes halogenated alkanes) is 1. The third-order valence-corrected chi connectivity index (χ3v) is 3.92. The molecule has 1 atom stereocenters. The van der Waals surface area contributed by atoms with Crippen molar-refractivity contribution in [2.24, 2.45) is 0 Å². The van der Waals surface area contributed by atoms with E-state index in [-0.39, 0.29) is 0 Å². The van der Waals surface area contributed by atoms with Crippen molar-refractivity contribution in [3.8, 4) is 5.75 Å². The fourth-order valence-corrected chi connectivity index (χ4v) is 2.94. The lowest BCUT2D eigenvalue weighted by atomic mass is 9.87. The highest BCUT2D eigenvalue weighted by atomic mass is 16.5. The Balaban J connectivity index is 1.98. The van der Waals surface area contributed by atoms with Crippen LogP contribution in [-0.4, -0.2) is 26.9 Å². The van der Waals surface area contributed by atoms with E-state index in [0.29, 0.717) is 6.04 Å². The van der Waals surface area contributed by atoms with Crippen molar-refractivity contribution in [3.63, 3.8) is 0 Å². The predicted molar refractivity (Wildman–Crippen MR) is 82.4 cm³/mol. The minimum Gasteiger partial charge on any atom is -0.493 e. The molecule has 0 saturated heterocycles. The second-order valence-corrected chi connectivity index (χ2v) is 5.37. The van der Waals surface area contributed by atoms with E-state index < -0.39 is 0 Å². The number of ether oxygens (including phenoxy) is 2. The molecule has 1 aliphatic rings. The molecule has 0 radical (unpaired) electrons. The SMILES string of the molecule is CCNC1CCCc2c(OCCCCOC)cccc21. The highest BCUT2D eigenvalue weighted by Crippen LogP contribution is 2.35. The molecular weight excluding hydrogens is 250 g/mol. The molecule has 20 heavy (non-hydrogen) atoms. The van der Waals surface area contributed by atoms with Crippen molar-refractivity contribution in [3.05, 3.63) is 29.3 Å². The van der Waals surface area contributed by atoms with Crippen molar-refractivity contribution in [2.45, 2.75) is 45.1 Å². The van der Waals surface area contributed by atoms with Gasteiger partial charge in [0.15, 0.2) is 0 Å². The predicted octanol–water partition coefficient (Wildman–Crippen LogP) is 3.48. The van der Waals surface area contributed by atoms with Crippen LogP contribution in [0.15, 0.2) is 18.2 Å². The van der Waals surface area contributed by atoms with Gasteiger partial charge in [0.25, 0.3) is 0 Å². The van der Waals surface area contributed by atoms with E-state index in [4.69, 9.17) is 9.47 Å². The average Bonchev–Trinajstić information content (AvgIpc) is 2.48. The Hall–Kier alpha value is -1.06. The van der Waals surface area contributed by atoms with Gasteiger partial charge >= 0.3 is 0 Å². The third kappa shape index (κ3) is 3.97. The molecule has 3 nitrogen and oxygen atoms in total. The molecule has 0 aromatic heterocycles. The van der Waals surface area contributed by atoms with Crippen LogP contribution in [0, 0.1) is 0 Å². The molecule has 1 aromatic carbocycles. The van der Waals surface area contributed by atoms with Crippen LogP contribution in [0.5, 0.6) is 5.75 Å². The van der Waals surface area contributed by atoms with Crippen LogP contribution in [-0.2, 0) is 11.2 Å². The molecule has 1 aliphatic carbocycles. The minimum atomic E-state index is 0.501. The number of hydrogen-bond donors (Lipinski definition) is 1. The van der Waals surface area contributed by atoms with E-state index >= 15 is 0 Å². The first-order valence-electron chi connectivity index (χ1n) is 7.83. The second-order valence-electron chi connectivity index (χ2n) is 5.37. The summed E-state index contributed by atoms with van der Waals surface area (Å²) in [4.78, 5) is 0. The topological polar surface area (TPSA) is 30.5 Å². The second kappa shape index (κ2) is 8.28. The van der Waals surface area contributed by atoms with E-state index in [2.05, 4.69) is 30.4 Å². The maximum absolute atomic E-state index is 5.99. The molecule has 0 amide bonds. The third-order valence-electron chi connectivity index (χ3n) is 3.92. The summed E-state index contributed by atoms with van der Waals surface area (Å²) in [7, 11) is 1.75. The molecule has 0 bridgehead atoms. The van der Waals surface area contributed by atoms with Gasteiger partial charge in [-0.05, 0) is 55.8 Å². The Morgan fingerprint density at radius 2 is 2.10 bits per heavy atom. The number of rotatable bonds is 8. The van der Waals surface area contributed by atoms with Crippen LogP contribution >= 0.6 is 0 Å². The van der Waals surface area contributed by atoms with E-state index in [0.717, 1.165) is 44.8 Å². The summed E-state index contributed by atoms with van der Waals surface area (Å²) in [6.07, 6.45) is 5.73. The van der Waals surface area contributed by atoms with Crippen molar-refractivity contribution >= 4 is 0 Å². The number of fused-ring (bicyclic) bond motifs is 1. The Morgan fingerprint density at radius 3 is 2.90 bits per heavy atom. The van der Waals surface area contributed by atoms with Gasteiger partial charge in [0, 0.05) is 19.8 Å². The van der Waals surface area contributed by atoms with Crippen LogP contribution in [0.2, 0.25) is 0 Å². The fourth-order valence-electron chi connectivity index (χ4n) is 2.94. The van der Waals surface area contributed by atoms with Crippen molar-refractivity contribution in [1.29, 1.82) is 0 Å². The van der Waals surface area contributed by atoms with Crippen molar-refractivity contribution < 1.29 is 9.47 Å². The molecule has 0 heterocycles. The average molecular weight is 277 g/mol. The van der Waals surface area contributed by atoms with E-state index in [1.165, 1.54) is 24.0 Å². The largest absolute Gasteiger partial charge is 0.493 e. The Kier molecular flexibility index (Phi) is 6.34. The standard InChI is InChI=1S/C17H27NO2/c1-3-18-16-10-6-9-15-14(16)8-7-11-17(15)20-13-5-4-12-19-2/h7-8,11,16,18H,3-6,9-10,12-13H2,1-2H3. The summed E-state index contributed by atoms with van der Waals surface area (Å²) >= 11 is 0. The number of benzene rings is 1. The molecule has 1 unspecified atom stereocenters. The zero-order valence-corrected chi connectivity index (χ0v) is 12.8. The van der Waals surface area contributed by atoms with Gasteiger partial charge in [-0.1, -0.05) is 19.1 Å². The molecule has 0 aliphatic heterocycles. The fraction of sp³-hybridized carbons (Fsp3) is 0.647. The van der Waals surface area contributed by atoms with Gasteiger partial charge in [0.1, 0.15) is 5.75 Å². The lowest BCUT2D eigenvalue weighted by Gasteiger charge is -2.27. The normalized spacial score (nSPS) is 17.8. The number of hydrogen-bond acceptors (Lipinski definition) is 3. The molecule has 2 rings (SSSR count). The lowest BCUT2D eigenvalue weighted by Crippen LogP contribution is -2.25. The van der Waals surface area contributed by atoms with Gasteiger partial charge in [0.05, 0.1) is 6.61 Å². The maximum Gasteiger partial charge on any atom is 0.122 e. The Morgan fingerprint density at radius 1 is 1.25 bits per heavy atom. The van der Waals surface area contributed by atoms with Gasteiger partial charge in [0.2, 0.25) is 0 Å². The van der Waals surface area contributed by atoms with E-state index in [1.54, 1.807) is 7.11 Å². The number of nitrogens with one attached hydrogen (secondary N) is 1. The molecule has 0 saturated carbocycles. The summed E-state index contributed by atoms with van der Waals surface area (Å²) in [5.74, 6) is 1.09. The van der Waals surface area contributed by atoms with Crippen molar-refractivity contribution in [1.82, 2.24) is 5.32 Å². The summed E-state index contributed by atoms with van der Waals surface area (Å²) in [5, 5.41) is 3.58. The van der Waals surface area contributed by atoms with Gasteiger partial charge in [-0.15, -0.1) is 0 Å². The van der Waals surface area contributed by atoms with Crippen LogP contribution in [0.25, 0.3) is 0 Å². The molecule has 0 spiro atoms. The highest BCUT2D eigenvalue weighted by Gasteiger charge is 2.21. The van der Waals surface area contributed by atoms with Crippen LogP contribution in [0.4, 0.5) is 0 Å². The summed E-state index contributed by atoms with van der Waals surface area (Å²) < 4.78 is 11.1. The molecule has 0 fully saturated rings.